The topological polar surface area (TPSA) is 57.6 Å². The van der Waals surface area contributed by atoms with Crippen molar-refractivity contribution in [2.75, 3.05) is 6.54 Å². The molecule has 4 nitrogen and oxygen atoms in total. The van der Waals surface area contributed by atoms with Gasteiger partial charge in [0.05, 0.1) is 5.92 Å². The number of carbonyl (C=O) groups is 2. The number of carboxylic acid groups (broad SMARTS) is 1. The summed E-state index contributed by atoms with van der Waals surface area (Å²) >= 11 is 0. The molecule has 0 aliphatic carbocycles. The smallest absolute Gasteiger partial charge is 0.308 e. The van der Waals surface area contributed by atoms with E-state index in [2.05, 4.69) is 0 Å². The second kappa shape index (κ2) is 6.74. The Morgan fingerprint density at radius 3 is 2.57 bits per heavy atom. The van der Waals surface area contributed by atoms with E-state index in [1.165, 1.54) is 0 Å². The Balaban J connectivity index is 2.00. The molecule has 1 aromatic carbocycles. The third-order valence-corrected chi connectivity index (χ3v) is 4.40. The van der Waals surface area contributed by atoms with Crippen LogP contribution in [0.15, 0.2) is 30.3 Å². The zero-order chi connectivity index (χ0) is 15.4. The Bertz CT molecular complexity index is 500. The summed E-state index contributed by atoms with van der Waals surface area (Å²) < 4.78 is 0. The fourth-order valence-electron chi connectivity index (χ4n) is 2.93. The summed E-state index contributed by atoms with van der Waals surface area (Å²) in [6, 6.07) is 10.1. The van der Waals surface area contributed by atoms with Gasteiger partial charge in [-0.25, -0.2) is 0 Å². The maximum atomic E-state index is 12.5. The van der Waals surface area contributed by atoms with Crippen molar-refractivity contribution in [2.45, 2.75) is 45.1 Å². The minimum atomic E-state index is -0.796. The number of carboxylic acids is 1. The lowest BCUT2D eigenvalue weighted by Gasteiger charge is -2.37. The number of nitrogens with zero attached hydrogens (tertiary/aromatic N) is 1. The molecule has 4 heteroatoms. The summed E-state index contributed by atoms with van der Waals surface area (Å²) in [5.74, 6) is -1.01. The van der Waals surface area contributed by atoms with Crippen molar-refractivity contribution in [2.24, 2.45) is 5.92 Å². The van der Waals surface area contributed by atoms with Crippen LogP contribution in [-0.4, -0.2) is 34.5 Å². The second-order valence-electron chi connectivity index (χ2n) is 6.02. The van der Waals surface area contributed by atoms with Gasteiger partial charge in [-0.15, -0.1) is 0 Å². The van der Waals surface area contributed by atoms with Crippen molar-refractivity contribution in [1.29, 1.82) is 0 Å². The van der Waals surface area contributed by atoms with E-state index in [4.69, 9.17) is 5.11 Å². The van der Waals surface area contributed by atoms with Crippen LogP contribution in [0.1, 0.15) is 44.6 Å². The van der Waals surface area contributed by atoms with E-state index in [0.29, 0.717) is 19.4 Å². The van der Waals surface area contributed by atoms with Crippen LogP contribution in [0.4, 0.5) is 0 Å². The Kier molecular flexibility index (Phi) is 4.99. The van der Waals surface area contributed by atoms with Crippen LogP contribution in [0.5, 0.6) is 0 Å². The molecule has 1 fully saturated rings. The van der Waals surface area contributed by atoms with Gasteiger partial charge in [-0.2, -0.15) is 0 Å². The zero-order valence-corrected chi connectivity index (χ0v) is 12.7. The van der Waals surface area contributed by atoms with Crippen LogP contribution in [0.3, 0.4) is 0 Å². The quantitative estimate of drug-likeness (QED) is 0.927. The average molecular weight is 289 g/mol. The van der Waals surface area contributed by atoms with Gasteiger partial charge >= 0.3 is 5.97 Å². The van der Waals surface area contributed by atoms with E-state index < -0.39 is 11.9 Å². The number of likely N-dealkylation sites (tertiary alicyclic amines) is 1. The van der Waals surface area contributed by atoms with E-state index in [-0.39, 0.29) is 17.9 Å². The fraction of sp³-hybridized carbons (Fsp3) is 0.529. The number of benzene rings is 1. The van der Waals surface area contributed by atoms with Crippen LogP contribution >= 0.6 is 0 Å². The molecule has 2 rings (SSSR count). The molecule has 21 heavy (non-hydrogen) atoms. The Hall–Kier alpha value is -1.84. The first-order valence-corrected chi connectivity index (χ1v) is 7.56. The number of carbonyl (C=O) groups excluding carboxylic acids is 1. The fourth-order valence-corrected chi connectivity index (χ4v) is 2.93. The molecule has 1 aliphatic rings. The lowest BCUT2D eigenvalue weighted by atomic mass is 9.91. The van der Waals surface area contributed by atoms with E-state index in [1.807, 2.05) is 44.2 Å². The van der Waals surface area contributed by atoms with Crippen molar-refractivity contribution >= 4 is 11.9 Å². The van der Waals surface area contributed by atoms with Gasteiger partial charge < -0.3 is 10.0 Å². The maximum Gasteiger partial charge on any atom is 0.308 e. The Morgan fingerprint density at radius 1 is 1.29 bits per heavy atom. The molecule has 0 spiro atoms. The normalized spacial score (nSPS) is 23.6. The molecule has 1 N–H and O–H groups in total. The number of hydrogen-bond acceptors (Lipinski definition) is 2. The summed E-state index contributed by atoms with van der Waals surface area (Å²) in [6.07, 6.45) is 1.86. The molecule has 3 unspecified atom stereocenters. The SMILES string of the molecule is CC(CC(=O)N1CC(C(=O)O)CCC1C)c1ccccc1. The molecule has 0 bridgehead atoms. The van der Waals surface area contributed by atoms with Crippen LogP contribution in [0.25, 0.3) is 0 Å². The standard InChI is InChI=1S/C17H23NO3/c1-12(14-6-4-3-5-7-14)10-16(19)18-11-15(17(20)21)9-8-13(18)2/h3-7,12-13,15H,8-11H2,1-2H3,(H,20,21). The minimum absolute atomic E-state index is 0.0600. The zero-order valence-electron chi connectivity index (χ0n) is 12.7. The van der Waals surface area contributed by atoms with Gasteiger partial charge in [0, 0.05) is 19.0 Å². The molecule has 3 atom stereocenters. The summed E-state index contributed by atoms with van der Waals surface area (Å²) in [7, 11) is 0. The van der Waals surface area contributed by atoms with Gasteiger partial charge in [0.25, 0.3) is 0 Å². The molecule has 1 aliphatic heterocycles. The van der Waals surface area contributed by atoms with Crippen molar-refractivity contribution < 1.29 is 14.7 Å². The first-order valence-electron chi connectivity index (χ1n) is 7.56. The van der Waals surface area contributed by atoms with Gasteiger partial charge in [-0.1, -0.05) is 37.3 Å². The van der Waals surface area contributed by atoms with Gasteiger partial charge in [-0.3, -0.25) is 9.59 Å². The molecule has 1 heterocycles. The monoisotopic (exact) mass is 289 g/mol. The first-order chi connectivity index (χ1) is 9.99. The lowest BCUT2D eigenvalue weighted by Crippen LogP contribution is -2.47. The van der Waals surface area contributed by atoms with Gasteiger partial charge in [-0.05, 0) is 31.2 Å². The van der Waals surface area contributed by atoms with Gasteiger partial charge in [0.15, 0.2) is 0 Å². The summed E-state index contributed by atoms with van der Waals surface area (Å²) in [6.45, 7) is 4.39. The number of amides is 1. The summed E-state index contributed by atoms with van der Waals surface area (Å²) in [5, 5.41) is 9.15. The van der Waals surface area contributed by atoms with Gasteiger partial charge in [0.2, 0.25) is 5.91 Å². The van der Waals surface area contributed by atoms with Crippen LogP contribution in [-0.2, 0) is 9.59 Å². The second-order valence-corrected chi connectivity index (χ2v) is 6.02. The van der Waals surface area contributed by atoms with Crippen molar-refractivity contribution in [1.82, 2.24) is 4.90 Å². The van der Waals surface area contributed by atoms with E-state index in [0.717, 1.165) is 12.0 Å². The summed E-state index contributed by atoms with van der Waals surface area (Å²) in [4.78, 5) is 25.4. The lowest BCUT2D eigenvalue weighted by molar-refractivity contribution is -0.147. The number of hydrogen-bond donors (Lipinski definition) is 1. The predicted molar refractivity (Wildman–Crippen MR) is 81.0 cm³/mol. The number of aliphatic carboxylic acids is 1. The largest absolute Gasteiger partial charge is 0.481 e. The Labute approximate surface area is 125 Å². The number of piperidine rings is 1. The van der Waals surface area contributed by atoms with E-state index >= 15 is 0 Å². The molecule has 0 saturated carbocycles. The molecule has 0 radical (unpaired) electrons. The maximum absolute atomic E-state index is 12.5. The van der Waals surface area contributed by atoms with Gasteiger partial charge in [0.1, 0.15) is 0 Å². The molecule has 1 amide bonds. The Morgan fingerprint density at radius 2 is 1.95 bits per heavy atom. The molecular weight excluding hydrogens is 266 g/mol. The number of rotatable bonds is 4. The molecular formula is C17H23NO3. The first kappa shape index (κ1) is 15.5. The van der Waals surface area contributed by atoms with E-state index in [1.54, 1.807) is 4.90 Å². The molecule has 1 aromatic rings. The van der Waals surface area contributed by atoms with Crippen molar-refractivity contribution in [3.8, 4) is 0 Å². The highest BCUT2D eigenvalue weighted by atomic mass is 16.4. The molecule has 0 aromatic heterocycles. The molecule has 1 saturated heterocycles. The van der Waals surface area contributed by atoms with E-state index in [9.17, 15) is 9.59 Å². The third-order valence-electron chi connectivity index (χ3n) is 4.40. The average Bonchev–Trinajstić information content (AvgIpc) is 2.48. The van der Waals surface area contributed by atoms with Crippen LogP contribution < -0.4 is 0 Å². The van der Waals surface area contributed by atoms with Crippen LogP contribution in [0, 0.1) is 5.92 Å². The van der Waals surface area contributed by atoms with Crippen molar-refractivity contribution in [3.05, 3.63) is 35.9 Å². The summed E-state index contributed by atoms with van der Waals surface area (Å²) in [5.41, 5.74) is 1.14. The highest BCUT2D eigenvalue weighted by Gasteiger charge is 2.32. The predicted octanol–water partition coefficient (Wildman–Crippen LogP) is 2.89. The third kappa shape index (κ3) is 3.84. The molecule has 114 valence electrons. The van der Waals surface area contributed by atoms with Crippen molar-refractivity contribution in [3.63, 3.8) is 0 Å². The van der Waals surface area contributed by atoms with Crippen LogP contribution in [0.2, 0.25) is 0 Å². The minimum Gasteiger partial charge on any atom is -0.481 e. The highest BCUT2D eigenvalue weighted by Crippen LogP contribution is 2.26. The highest BCUT2D eigenvalue weighted by molar-refractivity contribution is 5.79.